The molecule has 0 aliphatic carbocycles. The first-order chi connectivity index (χ1) is 8.70. The van der Waals surface area contributed by atoms with Crippen molar-refractivity contribution in [1.29, 1.82) is 0 Å². The van der Waals surface area contributed by atoms with Crippen molar-refractivity contribution >= 4 is 5.97 Å². The third-order valence-electron chi connectivity index (χ3n) is 3.78. The second-order valence-corrected chi connectivity index (χ2v) is 4.79. The fourth-order valence-corrected chi connectivity index (χ4v) is 2.96. The van der Waals surface area contributed by atoms with Gasteiger partial charge in [0, 0.05) is 32.0 Å². The Bertz CT molecular complexity index is 489. The molecule has 0 bridgehead atoms. The molecule has 0 saturated carbocycles. The van der Waals surface area contributed by atoms with E-state index < -0.39 is 5.97 Å². The molecule has 3 heterocycles. The topological polar surface area (TPSA) is 83.7 Å². The van der Waals surface area contributed by atoms with Crippen LogP contribution in [0.25, 0.3) is 0 Å². The van der Waals surface area contributed by atoms with Crippen molar-refractivity contribution in [2.24, 2.45) is 0 Å². The molecule has 1 atom stereocenters. The van der Waals surface area contributed by atoms with Crippen LogP contribution in [-0.4, -0.2) is 40.8 Å². The smallest absolute Gasteiger partial charge is 0.356 e. The lowest BCUT2D eigenvalue weighted by atomic mass is 9.92. The predicted molar refractivity (Wildman–Crippen MR) is 62.2 cm³/mol. The van der Waals surface area contributed by atoms with E-state index in [0.717, 1.165) is 34.5 Å². The first-order valence-electron chi connectivity index (χ1n) is 6.17. The van der Waals surface area contributed by atoms with Crippen LogP contribution in [0.15, 0.2) is 0 Å². The number of ether oxygens (including phenoxy) is 1. The second kappa shape index (κ2) is 4.29. The van der Waals surface area contributed by atoms with E-state index in [4.69, 9.17) is 4.74 Å². The van der Waals surface area contributed by atoms with Gasteiger partial charge in [-0.25, -0.2) is 4.79 Å². The predicted octanol–water partition coefficient (Wildman–Crippen LogP) is 0.573. The number of carboxylic acid groups (broad SMARTS) is 1. The Hall–Kier alpha value is -1.53. The molecule has 6 nitrogen and oxygen atoms in total. The van der Waals surface area contributed by atoms with Crippen LogP contribution in [0.2, 0.25) is 0 Å². The largest absolute Gasteiger partial charge is 0.476 e. The number of aromatic carboxylic acids is 1. The molecule has 2 aliphatic heterocycles. The van der Waals surface area contributed by atoms with Gasteiger partial charge in [-0.15, -0.1) is 0 Å². The number of carboxylic acids is 1. The number of nitrogens with one attached hydrogen (secondary N) is 1. The summed E-state index contributed by atoms with van der Waals surface area (Å²) in [6, 6.07) is 0. The van der Waals surface area contributed by atoms with Crippen molar-refractivity contribution in [3.05, 3.63) is 22.5 Å². The fraction of sp³-hybridized carbons (Fsp3) is 0.583. The highest BCUT2D eigenvalue weighted by molar-refractivity contribution is 5.89. The number of rotatable bonds is 2. The SMILES string of the molecule is O=C(O)c1c(C2CCOC2)c2c(n1O)CCNC2. The van der Waals surface area contributed by atoms with Crippen molar-refractivity contribution in [3.8, 4) is 0 Å². The zero-order chi connectivity index (χ0) is 12.7. The van der Waals surface area contributed by atoms with E-state index in [1.165, 1.54) is 0 Å². The van der Waals surface area contributed by atoms with Crippen LogP contribution < -0.4 is 5.32 Å². The van der Waals surface area contributed by atoms with Gasteiger partial charge in [-0.1, -0.05) is 0 Å². The quantitative estimate of drug-likeness (QED) is 0.670. The van der Waals surface area contributed by atoms with E-state index in [1.54, 1.807) is 0 Å². The van der Waals surface area contributed by atoms with Gasteiger partial charge in [0.25, 0.3) is 0 Å². The molecule has 18 heavy (non-hydrogen) atoms. The molecule has 6 heteroatoms. The maximum absolute atomic E-state index is 11.4. The lowest BCUT2D eigenvalue weighted by Gasteiger charge is -2.16. The molecular formula is C12H16N2O4. The molecule has 3 N–H and O–H groups in total. The highest BCUT2D eigenvalue weighted by Crippen LogP contribution is 2.35. The van der Waals surface area contributed by atoms with Crippen LogP contribution in [0.5, 0.6) is 0 Å². The van der Waals surface area contributed by atoms with E-state index >= 15 is 0 Å². The zero-order valence-corrected chi connectivity index (χ0v) is 9.98. The van der Waals surface area contributed by atoms with Crippen LogP contribution in [0.3, 0.4) is 0 Å². The molecule has 0 aromatic carbocycles. The van der Waals surface area contributed by atoms with E-state index in [-0.39, 0.29) is 11.6 Å². The van der Waals surface area contributed by atoms with E-state index in [9.17, 15) is 15.1 Å². The van der Waals surface area contributed by atoms with Crippen molar-refractivity contribution < 1.29 is 19.8 Å². The lowest BCUT2D eigenvalue weighted by Crippen LogP contribution is -2.25. The Morgan fingerprint density at radius 1 is 1.50 bits per heavy atom. The van der Waals surface area contributed by atoms with Gasteiger partial charge in [0.1, 0.15) is 0 Å². The maximum Gasteiger partial charge on any atom is 0.356 e. The number of nitrogens with zero attached hydrogens (tertiary/aromatic N) is 1. The van der Waals surface area contributed by atoms with Crippen molar-refractivity contribution in [1.82, 2.24) is 10.0 Å². The second-order valence-electron chi connectivity index (χ2n) is 4.79. The van der Waals surface area contributed by atoms with Crippen molar-refractivity contribution in [2.75, 3.05) is 19.8 Å². The Labute approximate surface area is 104 Å². The monoisotopic (exact) mass is 252 g/mol. The first kappa shape index (κ1) is 11.6. The molecular weight excluding hydrogens is 236 g/mol. The van der Waals surface area contributed by atoms with Gasteiger partial charge in [-0.05, 0) is 17.5 Å². The van der Waals surface area contributed by atoms with Crippen LogP contribution in [-0.2, 0) is 17.7 Å². The Kier molecular flexibility index (Phi) is 2.76. The van der Waals surface area contributed by atoms with Gasteiger partial charge >= 0.3 is 5.97 Å². The highest BCUT2D eigenvalue weighted by atomic mass is 16.5. The lowest BCUT2D eigenvalue weighted by molar-refractivity contribution is 0.0637. The van der Waals surface area contributed by atoms with Crippen LogP contribution in [0.4, 0.5) is 0 Å². The highest BCUT2D eigenvalue weighted by Gasteiger charge is 2.34. The van der Waals surface area contributed by atoms with E-state index in [1.807, 2.05) is 0 Å². The maximum atomic E-state index is 11.4. The van der Waals surface area contributed by atoms with Crippen LogP contribution in [0.1, 0.15) is 39.6 Å². The third kappa shape index (κ3) is 1.60. The summed E-state index contributed by atoms with van der Waals surface area (Å²) in [6.45, 7) is 2.57. The summed E-state index contributed by atoms with van der Waals surface area (Å²) in [7, 11) is 0. The van der Waals surface area contributed by atoms with Gasteiger partial charge in [0.15, 0.2) is 5.69 Å². The van der Waals surface area contributed by atoms with Crippen molar-refractivity contribution in [3.63, 3.8) is 0 Å². The average molecular weight is 252 g/mol. The fourth-order valence-electron chi connectivity index (χ4n) is 2.96. The number of aromatic nitrogens is 1. The molecule has 1 aromatic heterocycles. The number of hydrogen-bond acceptors (Lipinski definition) is 4. The van der Waals surface area contributed by atoms with Gasteiger partial charge < -0.3 is 20.4 Å². The molecule has 1 unspecified atom stereocenters. The van der Waals surface area contributed by atoms with Crippen LogP contribution >= 0.6 is 0 Å². The zero-order valence-electron chi connectivity index (χ0n) is 9.98. The minimum Gasteiger partial charge on any atom is -0.476 e. The van der Waals surface area contributed by atoms with Gasteiger partial charge in [-0.3, -0.25) is 0 Å². The molecule has 0 spiro atoms. The first-order valence-corrected chi connectivity index (χ1v) is 6.17. The van der Waals surface area contributed by atoms with Crippen LogP contribution in [0, 0.1) is 0 Å². The summed E-state index contributed by atoms with van der Waals surface area (Å²) in [5.74, 6) is -0.994. The molecule has 1 aromatic rings. The summed E-state index contributed by atoms with van der Waals surface area (Å²) in [4.78, 5) is 11.4. The molecule has 0 radical (unpaired) electrons. The minimum atomic E-state index is -1.08. The molecule has 3 rings (SSSR count). The van der Waals surface area contributed by atoms with Gasteiger partial charge in [-0.2, -0.15) is 4.73 Å². The molecule has 2 aliphatic rings. The Morgan fingerprint density at radius 3 is 3.00 bits per heavy atom. The molecule has 1 fully saturated rings. The van der Waals surface area contributed by atoms with E-state index in [2.05, 4.69) is 5.32 Å². The number of carbonyl (C=O) groups is 1. The van der Waals surface area contributed by atoms with Gasteiger partial charge in [0.05, 0.1) is 12.3 Å². The summed E-state index contributed by atoms with van der Waals surface area (Å²) >= 11 is 0. The van der Waals surface area contributed by atoms with E-state index in [0.29, 0.717) is 26.2 Å². The average Bonchev–Trinajstić information content (AvgIpc) is 2.96. The molecule has 1 saturated heterocycles. The third-order valence-corrected chi connectivity index (χ3v) is 3.78. The minimum absolute atomic E-state index is 0.0131. The summed E-state index contributed by atoms with van der Waals surface area (Å²) < 4.78 is 6.21. The normalized spacial score (nSPS) is 23.0. The number of fused-ring (bicyclic) bond motifs is 1. The van der Waals surface area contributed by atoms with Crippen molar-refractivity contribution in [2.45, 2.75) is 25.3 Å². The Morgan fingerprint density at radius 2 is 2.33 bits per heavy atom. The molecule has 0 amide bonds. The number of hydrogen-bond donors (Lipinski definition) is 3. The summed E-state index contributed by atoms with van der Waals surface area (Å²) in [5.41, 5.74) is 2.44. The standard InChI is InChI=1S/C12H16N2O4/c15-12(16)11-10(7-2-4-18-6-7)8-5-13-3-1-9(8)14(11)17/h7,13,17H,1-6H2,(H,15,16). The Balaban J connectivity index is 2.16. The van der Waals surface area contributed by atoms with Gasteiger partial charge in [0.2, 0.25) is 0 Å². The summed E-state index contributed by atoms with van der Waals surface area (Å²) in [5, 5.41) is 22.6. The molecule has 98 valence electrons. The summed E-state index contributed by atoms with van der Waals surface area (Å²) in [6.07, 6.45) is 1.47.